The van der Waals surface area contributed by atoms with E-state index >= 15 is 0 Å². The molecule has 0 aliphatic heterocycles. The summed E-state index contributed by atoms with van der Waals surface area (Å²) < 4.78 is 13.7. The standard InChI is InChI=1S/C15H20N4O2S/c1-15(6-5-7-15)19-11(13(20)18(2)3)8-10-9-16-14(22(4)21)17-12(10)19/h8-9H,5-7H2,1-4H3. The van der Waals surface area contributed by atoms with Crippen molar-refractivity contribution in [1.29, 1.82) is 0 Å². The summed E-state index contributed by atoms with van der Waals surface area (Å²) in [5.74, 6) is -0.0507. The van der Waals surface area contributed by atoms with Crippen molar-refractivity contribution in [2.75, 3.05) is 20.4 Å². The summed E-state index contributed by atoms with van der Waals surface area (Å²) in [6, 6.07) is 1.84. The first kappa shape index (κ1) is 15.1. The third kappa shape index (κ3) is 2.24. The molecular weight excluding hydrogens is 300 g/mol. The van der Waals surface area contributed by atoms with Crippen LogP contribution in [0.1, 0.15) is 36.7 Å². The van der Waals surface area contributed by atoms with Crippen LogP contribution in [-0.4, -0.2) is 49.9 Å². The lowest BCUT2D eigenvalue weighted by Gasteiger charge is -2.41. The van der Waals surface area contributed by atoms with E-state index in [1.807, 2.05) is 10.6 Å². The molecule has 2 aromatic heterocycles. The van der Waals surface area contributed by atoms with Crippen molar-refractivity contribution in [1.82, 2.24) is 19.4 Å². The number of hydrogen-bond acceptors (Lipinski definition) is 4. The zero-order chi connectivity index (χ0) is 16.1. The topological polar surface area (TPSA) is 68.1 Å². The van der Waals surface area contributed by atoms with Crippen molar-refractivity contribution in [3.63, 3.8) is 0 Å². The molecule has 1 atom stereocenters. The minimum atomic E-state index is -1.25. The van der Waals surface area contributed by atoms with Crippen LogP contribution in [0.4, 0.5) is 0 Å². The number of rotatable bonds is 3. The van der Waals surface area contributed by atoms with Gasteiger partial charge >= 0.3 is 0 Å². The summed E-state index contributed by atoms with van der Waals surface area (Å²) in [6.07, 6.45) is 6.39. The smallest absolute Gasteiger partial charge is 0.270 e. The highest BCUT2D eigenvalue weighted by molar-refractivity contribution is 7.84. The van der Waals surface area contributed by atoms with Crippen molar-refractivity contribution < 1.29 is 9.00 Å². The van der Waals surface area contributed by atoms with Gasteiger partial charge in [0.25, 0.3) is 5.91 Å². The molecule has 1 unspecified atom stereocenters. The number of aromatic nitrogens is 3. The molecule has 0 N–H and O–H groups in total. The van der Waals surface area contributed by atoms with E-state index in [2.05, 4.69) is 16.9 Å². The zero-order valence-corrected chi connectivity index (χ0v) is 14.1. The predicted octanol–water partition coefficient (Wildman–Crippen LogP) is 1.77. The van der Waals surface area contributed by atoms with E-state index in [1.165, 1.54) is 0 Å². The van der Waals surface area contributed by atoms with Crippen LogP contribution < -0.4 is 0 Å². The number of carbonyl (C=O) groups is 1. The monoisotopic (exact) mass is 320 g/mol. The van der Waals surface area contributed by atoms with Gasteiger partial charge in [-0.2, -0.15) is 0 Å². The highest BCUT2D eigenvalue weighted by Crippen LogP contribution is 2.42. The number of fused-ring (bicyclic) bond motifs is 1. The third-order valence-electron chi connectivity index (χ3n) is 4.37. The molecule has 0 saturated heterocycles. The van der Waals surface area contributed by atoms with Crippen molar-refractivity contribution in [2.45, 2.75) is 36.9 Å². The molecule has 118 valence electrons. The minimum Gasteiger partial charge on any atom is -0.343 e. The highest BCUT2D eigenvalue weighted by atomic mass is 32.2. The van der Waals surface area contributed by atoms with Gasteiger partial charge in [0, 0.05) is 37.5 Å². The summed E-state index contributed by atoms with van der Waals surface area (Å²) in [7, 11) is 2.24. The Kier molecular flexibility index (Phi) is 3.55. The Balaban J connectivity index is 2.28. The van der Waals surface area contributed by atoms with E-state index in [1.54, 1.807) is 31.4 Å². The second-order valence-corrected chi connectivity index (χ2v) is 7.57. The van der Waals surface area contributed by atoms with E-state index in [4.69, 9.17) is 0 Å². The lowest BCUT2D eigenvalue weighted by molar-refractivity contribution is 0.0793. The first-order valence-corrected chi connectivity index (χ1v) is 8.83. The van der Waals surface area contributed by atoms with Crippen molar-refractivity contribution >= 4 is 27.7 Å². The third-order valence-corrected chi connectivity index (χ3v) is 5.08. The van der Waals surface area contributed by atoms with Gasteiger partial charge in [-0.15, -0.1) is 0 Å². The van der Waals surface area contributed by atoms with E-state index in [9.17, 15) is 9.00 Å². The van der Waals surface area contributed by atoms with Crippen LogP contribution in [0.3, 0.4) is 0 Å². The lowest BCUT2D eigenvalue weighted by Crippen LogP contribution is -2.40. The van der Waals surface area contributed by atoms with Crippen LogP contribution >= 0.6 is 0 Å². The van der Waals surface area contributed by atoms with Gasteiger partial charge in [-0.25, -0.2) is 9.97 Å². The number of carbonyl (C=O) groups excluding carboxylic acids is 1. The predicted molar refractivity (Wildman–Crippen MR) is 85.4 cm³/mol. The van der Waals surface area contributed by atoms with Gasteiger partial charge in [0.05, 0.1) is 10.8 Å². The molecule has 3 rings (SSSR count). The van der Waals surface area contributed by atoms with E-state index in [0.717, 1.165) is 24.6 Å². The fourth-order valence-corrected chi connectivity index (χ4v) is 3.37. The Morgan fingerprint density at radius 1 is 1.41 bits per heavy atom. The average Bonchev–Trinajstić information content (AvgIpc) is 2.82. The molecular formula is C15H20N4O2S. The Morgan fingerprint density at radius 3 is 2.59 bits per heavy atom. The van der Waals surface area contributed by atoms with Gasteiger partial charge in [-0.05, 0) is 32.3 Å². The molecule has 1 aliphatic rings. The SMILES string of the molecule is CN(C)C(=O)c1cc2cnc(S(C)=O)nc2n1C1(C)CCC1. The van der Waals surface area contributed by atoms with E-state index in [0.29, 0.717) is 16.5 Å². The molecule has 0 aromatic carbocycles. The summed E-state index contributed by atoms with van der Waals surface area (Å²) in [5, 5.41) is 1.12. The molecule has 2 heterocycles. The Bertz CT molecular complexity index is 777. The molecule has 2 aromatic rings. The molecule has 22 heavy (non-hydrogen) atoms. The van der Waals surface area contributed by atoms with Crippen molar-refractivity contribution in [2.24, 2.45) is 0 Å². The fourth-order valence-electron chi connectivity index (χ4n) is 2.96. The molecule has 6 nitrogen and oxygen atoms in total. The molecule has 1 saturated carbocycles. The number of amides is 1. The maximum Gasteiger partial charge on any atom is 0.270 e. The van der Waals surface area contributed by atoms with Crippen LogP contribution in [0.25, 0.3) is 11.0 Å². The largest absolute Gasteiger partial charge is 0.343 e. The maximum absolute atomic E-state index is 12.5. The summed E-state index contributed by atoms with van der Waals surface area (Å²) >= 11 is 0. The number of nitrogens with zero attached hydrogens (tertiary/aromatic N) is 4. The quantitative estimate of drug-likeness (QED) is 0.808. The van der Waals surface area contributed by atoms with Crippen LogP contribution in [0, 0.1) is 0 Å². The minimum absolute atomic E-state index is 0.0507. The zero-order valence-electron chi connectivity index (χ0n) is 13.3. The molecule has 1 amide bonds. The normalized spacial score (nSPS) is 18.0. The van der Waals surface area contributed by atoms with Crippen LogP contribution in [0.2, 0.25) is 0 Å². The Morgan fingerprint density at radius 2 is 2.09 bits per heavy atom. The summed E-state index contributed by atoms with van der Waals surface area (Å²) in [5.41, 5.74) is 1.21. The van der Waals surface area contributed by atoms with Crippen LogP contribution in [0.15, 0.2) is 17.4 Å². The van der Waals surface area contributed by atoms with Crippen LogP contribution in [-0.2, 0) is 16.3 Å². The van der Waals surface area contributed by atoms with Gasteiger partial charge in [0.1, 0.15) is 11.3 Å². The molecule has 1 fully saturated rings. The van der Waals surface area contributed by atoms with Gasteiger partial charge in [-0.3, -0.25) is 9.00 Å². The second kappa shape index (κ2) is 5.15. The van der Waals surface area contributed by atoms with Gasteiger partial charge in [0.2, 0.25) is 5.16 Å². The number of hydrogen-bond donors (Lipinski definition) is 0. The average molecular weight is 320 g/mol. The van der Waals surface area contributed by atoms with Gasteiger partial charge < -0.3 is 9.47 Å². The molecule has 0 spiro atoms. The van der Waals surface area contributed by atoms with E-state index < -0.39 is 10.8 Å². The first-order valence-electron chi connectivity index (χ1n) is 7.27. The molecule has 0 radical (unpaired) electrons. The second-order valence-electron chi connectivity index (χ2n) is 6.30. The fraction of sp³-hybridized carbons (Fsp3) is 0.533. The maximum atomic E-state index is 12.5. The molecule has 7 heteroatoms. The van der Waals surface area contributed by atoms with Gasteiger partial charge in [0.15, 0.2) is 0 Å². The first-order chi connectivity index (χ1) is 10.3. The van der Waals surface area contributed by atoms with Crippen LogP contribution in [0.5, 0.6) is 0 Å². The summed E-state index contributed by atoms with van der Waals surface area (Å²) in [6.45, 7) is 2.15. The van der Waals surface area contributed by atoms with Crippen molar-refractivity contribution in [3.8, 4) is 0 Å². The van der Waals surface area contributed by atoms with E-state index in [-0.39, 0.29) is 11.4 Å². The summed E-state index contributed by atoms with van der Waals surface area (Å²) in [4.78, 5) is 22.7. The lowest BCUT2D eigenvalue weighted by atomic mass is 9.78. The Hall–Kier alpha value is -1.76. The Labute approximate surface area is 132 Å². The van der Waals surface area contributed by atoms with Crippen molar-refractivity contribution in [3.05, 3.63) is 18.0 Å². The molecule has 1 aliphatic carbocycles. The highest BCUT2D eigenvalue weighted by Gasteiger charge is 2.38. The molecule has 0 bridgehead atoms. The van der Waals surface area contributed by atoms with Gasteiger partial charge in [-0.1, -0.05) is 0 Å².